The molecule has 1 saturated carbocycles. The van der Waals surface area contributed by atoms with E-state index in [-0.39, 0.29) is 29.8 Å². The second-order valence-corrected chi connectivity index (χ2v) is 5.75. The summed E-state index contributed by atoms with van der Waals surface area (Å²) in [5, 5.41) is 7.17. The van der Waals surface area contributed by atoms with Crippen molar-refractivity contribution in [1.82, 2.24) is 15.1 Å². The number of rotatable bonds is 5. The van der Waals surface area contributed by atoms with Crippen LogP contribution in [0.1, 0.15) is 24.9 Å². The van der Waals surface area contributed by atoms with Gasteiger partial charge in [0, 0.05) is 12.4 Å². The fraction of sp³-hybridized carbons (Fsp3) is 0.353. The van der Waals surface area contributed by atoms with Crippen molar-refractivity contribution in [2.24, 2.45) is 11.8 Å². The van der Waals surface area contributed by atoms with E-state index in [1.807, 2.05) is 43.5 Å². The number of hydrogen-bond donors (Lipinski definition) is 1. The number of carbonyl (C=O) groups excluding carboxylic acids is 2. The number of hydrogen-bond acceptors (Lipinski definition) is 4. The Morgan fingerprint density at radius 3 is 2.87 bits per heavy atom. The zero-order valence-electron chi connectivity index (χ0n) is 13.1. The molecule has 0 spiro atoms. The molecule has 1 aliphatic carbocycles. The van der Waals surface area contributed by atoms with Gasteiger partial charge in [-0.3, -0.25) is 9.59 Å². The number of nitrogens with one attached hydrogen (secondary N) is 1. The minimum absolute atomic E-state index is 0.0996. The number of amides is 1. The van der Waals surface area contributed by atoms with E-state index in [0.717, 1.165) is 11.3 Å². The topological polar surface area (TPSA) is 73.2 Å². The summed E-state index contributed by atoms with van der Waals surface area (Å²) in [6, 6.07) is 9.56. The van der Waals surface area contributed by atoms with Crippen molar-refractivity contribution in [2.75, 3.05) is 7.11 Å². The van der Waals surface area contributed by atoms with Gasteiger partial charge >= 0.3 is 5.97 Å². The van der Waals surface area contributed by atoms with Crippen molar-refractivity contribution >= 4 is 11.9 Å². The highest BCUT2D eigenvalue weighted by atomic mass is 16.5. The molecule has 2 aromatic rings. The summed E-state index contributed by atoms with van der Waals surface area (Å²) in [5.74, 6) is -0.960. The van der Waals surface area contributed by atoms with Crippen LogP contribution in [-0.4, -0.2) is 28.8 Å². The van der Waals surface area contributed by atoms with Crippen molar-refractivity contribution in [3.8, 4) is 5.69 Å². The third-order valence-electron chi connectivity index (χ3n) is 4.13. The molecule has 1 heterocycles. The molecule has 1 aromatic heterocycles. The van der Waals surface area contributed by atoms with Crippen LogP contribution < -0.4 is 5.32 Å². The molecule has 0 radical (unpaired) electrons. The summed E-state index contributed by atoms with van der Waals surface area (Å²) in [6.45, 7) is 1.93. The van der Waals surface area contributed by atoms with Gasteiger partial charge in [-0.1, -0.05) is 12.1 Å². The second-order valence-electron chi connectivity index (χ2n) is 5.75. The van der Waals surface area contributed by atoms with E-state index in [0.29, 0.717) is 6.42 Å². The number of nitrogens with zero attached hydrogens (tertiary/aromatic N) is 2. The Morgan fingerprint density at radius 1 is 1.35 bits per heavy atom. The first-order chi connectivity index (χ1) is 11.1. The summed E-state index contributed by atoms with van der Waals surface area (Å²) in [4.78, 5) is 23.6. The molecule has 3 atom stereocenters. The lowest BCUT2D eigenvalue weighted by atomic mass is 10.1. The number of benzene rings is 1. The van der Waals surface area contributed by atoms with Gasteiger partial charge < -0.3 is 10.1 Å². The van der Waals surface area contributed by atoms with E-state index in [4.69, 9.17) is 0 Å². The van der Waals surface area contributed by atoms with E-state index >= 15 is 0 Å². The van der Waals surface area contributed by atoms with Gasteiger partial charge in [0.15, 0.2) is 0 Å². The molecule has 3 rings (SSSR count). The molecule has 120 valence electrons. The van der Waals surface area contributed by atoms with Crippen molar-refractivity contribution in [3.05, 3.63) is 48.3 Å². The number of esters is 1. The van der Waals surface area contributed by atoms with Crippen LogP contribution in [0.3, 0.4) is 0 Å². The number of ether oxygens (including phenoxy) is 1. The third-order valence-corrected chi connectivity index (χ3v) is 4.13. The third kappa shape index (κ3) is 3.26. The molecule has 6 heteroatoms. The predicted octanol–water partition coefficient (Wildman–Crippen LogP) is 1.86. The maximum atomic E-state index is 12.2. The highest BCUT2D eigenvalue weighted by Crippen LogP contribution is 2.39. The summed E-state index contributed by atoms with van der Waals surface area (Å²) in [7, 11) is 1.35. The Balaban J connectivity index is 1.65. The Kier molecular flexibility index (Phi) is 4.14. The van der Waals surface area contributed by atoms with Gasteiger partial charge in [-0.25, -0.2) is 4.68 Å². The zero-order valence-corrected chi connectivity index (χ0v) is 13.1. The SMILES string of the molecule is COC(=O)[C@@H]1C[C@H]1C(=O)N[C@H](C)c1cccc(-n2cccn2)c1. The van der Waals surface area contributed by atoms with Crippen LogP contribution in [-0.2, 0) is 14.3 Å². The van der Waals surface area contributed by atoms with Crippen LogP contribution in [0, 0.1) is 11.8 Å². The highest BCUT2D eigenvalue weighted by molar-refractivity contribution is 5.90. The summed E-state index contributed by atoms with van der Waals surface area (Å²) >= 11 is 0. The summed E-state index contributed by atoms with van der Waals surface area (Å²) in [6.07, 6.45) is 4.16. The molecule has 0 aliphatic heterocycles. The van der Waals surface area contributed by atoms with Crippen molar-refractivity contribution < 1.29 is 14.3 Å². The van der Waals surface area contributed by atoms with Crippen LogP contribution >= 0.6 is 0 Å². The van der Waals surface area contributed by atoms with Crippen LogP contribution in [0.15, 0.2) is 42.7 Å². The second kappa shape index (κ2) is 6.24. The maximum Gasteiger partial charge on any atom is 0.309 e. The van der Waals surface area contributed by atoms with Gasteiger partial charge in [-0.15, -0.1) is 0 Å². The minimum Gasteiger partial charge on any atom is -0.469 e. The van der Waals surface area contributed by atoms with E-state index in [1.54, 1.807) is 10.9 Å². The average molecular weight is 313 g/mol. The maximum absolute atomic E-state index is 12.2. The first-order valence-electron chi connectivity index (χ1n) is 7.58. The Morgan fingerprint density at radius 2 is 2.17 bits per heavy atom. The lowest BCUT2D eigenvalue weighted by Crippen LogP contribution is -2.29. The van der Waals surface area contributed by atoms with Gasteiger partial charge in [-0.2, -0.15) is 5.10 Å². The zero-order chi connectivity index (χ0) is 16.4. The van der Waals surface area contributed by atoms with Crippen molar-refractivity contribution in [1.29, 1.82) is 0 Å². The standard InChI is InChI=1S/C17H19N3O3/c1-11(19-16(21)14-10-15(14)17(22)23-2)12-5-3-6-13(9-12)20-8-4-7-18-20/h3-9,11,14-15H,10H2,1-2H3,(H,19,21)/t11-,14-,15-/m1/s1. The van der Waals surface area contributed by atoms with E-state index in [9.17, 15) is 9.59 Å². The molecule has 6 nitrogen and oxygen atoms in total. The van der Waals surface area contributed by atoms with Gasteiger partial charge in [-0.05, 0) is 37.1 Å². The van der Waals surface area contributed by atoms with Gasteiger partial charge in [0.1, 0.15) is 0 Å². The number of methoxy groups -OCH3 is 1. The molecule has 1 aromatic carbocycles. The van der Waals surface area contributed by atoms with Gasteiger partial charge in [0.05, 0.1) is 30.7 Å². The molecule has 0 saturated heterocycles. The normalized spacial score (nSPS) is 20.6. The molecule has 1 amide bonds. The Labute approximate surface area is 134 Å². The van der Waals surface area contributed by atoms with Crippen molar-refractivity contribution in [3.63, 3.8) is 0 Å². The Bertz CT molecular complexity index is 712. The lowest BCUT2D eigenvalue weighted by molar-refractivity contribution is -0.143. The van der Waals surface area contributed by atoms with Gasteiger partial charge in [0.25, 0.3) is 0 Å². The van der Waals surface area contributed by atoms with E-state index in [1.165, 1.54) is 7.11 Å². The molecular weight excluding hydrogens is 294 g/mol. The van der Waals surface area contributed by atoms with Crippen LogP contribution in [0.25, 0.3) is 5.69 Å². The summed E-state index contributed by atoms with van der Waals surface area (Å²) in [5.41, 5.74) is 1.93. The fourth-order valence-electron chi connectivity index (χ4n) is 2.66. The lowest BCUT2D eigenvalue weighted by Gasteiger charge is -2.15. The highest BCUT2D eigenvalue weighted by Gasteiger charge is 2.49. The first kappa shape index (κ1) is 15.3. The van der Waals surface area contributed by atoms with E-state index in [2.05, 4.69) is 15.2 Å². The molecule has 1 fully saturated rings. The summed E-state index contributed by atoms with van der Waals surface area (Å²) < 4.78 is 6.44. The minimum atomic E-state index is -0.307. The quantitative estimate of drug-likeness (QED) is 0.855. The molecule has 1 aliphatic rings. The molecular formula is C17H19N3O3. The molecule has 0 unspecified atom stereocenters. The Hall–Kier alpha value is -2.63. The monoisotopic (exact) mass is 313 g/mol. The molecule has 1 N–H and O–H groups in total. The molecule has 23 heavy (non-hydrogen) atoms. The smallest absolute Gasteiger partial charge is 0.309 e. The average Bonchev–Trinajstić information content (AvgIpc) is 3.19. The van der Waals surface area contributed by atoms with Crippen LogP contribution in [0.4, 0.5) is 0 Å². The number of carbonyl (C=O) groups is 2. The molecule has 0 bridgehead atoms. The van der Waals surface area contributed by atoms with E-state index < -0.39 is 0 Å². The van der Waals surface area contributed by atoms with Gasteiger partial charge in [0.2, 0.25) is 5.91 Å². The van der Waals surface area contributed by atoms with Crippen LogP contribution in [0.5, 0.6) is 0 Å². The fourth-order valence-corrected chi connectivity index (χ4v) is 2.66. The number of aromatic nitrogens is 2. The first-order valence-corrected chi connectivity index (χ1v) is 7.58. The van der Waals surface area contributed by atoms with Crippen LogP contribution in [0.2, 0.25) is 0 Å². The largest absolute Gasteiger partial charge is 0.469 e. The van der Waals surface area contributed by atoms with Crippen molar-refractivity contribution in [2.45, 2.75) is 19.4 Å². The predicted molar refractivity (Wildman–Crippen MR) is 83.7 cm³/mol.